The number of ether oxygens (including phenoxy) is 2. The van der Waals surface area contributed by atoms with Crippen LogP contribution in [0.4, 0.5) is 0 Å². The number of hydrogen-bond donors (Lipinski definition) is 2. The highest BCUT2D eigenvalue weighted by Gasteiger charge is 2.21. The minimum atomic E-state index is 0.117. The lowest BCUT2D eigenvalue weighted by atomic mass is 10.1. The average Bonchev–Trinajstić information content (AvgIpc) is 2.73. The predicted molar refractivity (Wildman–Crippen MR) is 74.9 cm³/mol. The molecule has 2 N–H and O–H groups in total. The first-order chi connectivity index (χ1) is 9.42. The summed E-state index contributed by atoms with van der Waals surface area (Å²) in [5.41, 5.74) is 0. The molecule has 0 bridgehead atoms. The number of rotatable bonds is 3. The molecule has 2 heterocycles. The monoisotopic (exact) mass is 262 g/mol. The molecule has 0 aliphatic carbocycles. The van der Waals surface area contributed by atoms with E-state index in [1.54, 1.807) is 0 Å². The van der Waals surface area contributed by atoms with Crippen LogP contribution in [0.5, 0.6) is 11.5 Å². The third-order valence-electron chi connectivity index (χ3n) is 3.78. The van der Waals surface area contributed by atoms with Crippen LogP contribution in [0, 0.1) is 0 Å². The molecule has 2 atom stereocenters. The van der Waals surface area contributed by atoms with Crippen LogP contribution in [-0.4, -0.2) is 38.4 Å². The summed E-state index contributed by atoms with van der Waals surface area (Å²) in [4.78, 5) is 0. The topological polar surface area (TPSA) is 42.5 Å². The molecule has 104 valence electrons. The van der Waals surface area contributed by atoms with Crippen molar-refractivity contribution in [1.82, 2.24) is 10.6 Å². The van der Waals surface area contributed by atoms with Crippen LogP contribution < -0.4 is 20.1 Å². The van der Waals surface area contributed by atoms with Crippen molar-refractivity contribution in [1.29, 1.82) is 0 Å². The summed E-state index contributed by atoms with van der Waals surface area (Å²) in [6.45, 7) is 3.76. The molecule has 2 aliphatic rings. The Bertz CT molecular complexity index is 403. The fourth-order valence-electron chi connectivity index (χ4n) is 2.68. The Kier molecular flexibility index (Phi) is 4.20. The molecule has 0 radical (unpaired) electrons. The summed E-state index contributed by atoms with van der Waals surface area (Å²) in [6.07, 6.45) is 3.82. The largest absolute Gasteiger partial charge is 0.486 e. The fourth-order valence-corrected chi connectivity index (χ4v) is 2.68. The summed E-state index contributed by atoms with van der Waals surface area (Å²) in [5.74, 6) is 1.72. The van der Waals surface area contributed by atoms with Gasteiger partial charge in [0.05, 0.1) is 0 Å². The van der Waals surface area contributed by atoms with Gasteiger partial charge in [0, 0.05) is 12.6 Å². The second-order valence-corrected chi connectivity index (χ2v) is 5.28. The van der Waals surface area contributed by atoms with Gasteiger partial charge in [0.15, 0.2) is 11.5 Å². The Morgan fingerprint density at radius 2 is 2.05 bits per heavy atom. The molecule has 1 fully saturated rings. The zero-order chi connectivity index (χ0) is 12.9. The quantitative estimate of drug-likeness (QED) is 0.867. The molecule has 2 unspecified atom stereocenters. The van der Waals surface area contributed by atoms with E-state index in [1.165, 1.54) is 19.3 Å². The van der Waals surface area contributed by atoms with E-state index >= 15 is 0 Å². The van der Waals surface area contributed by atoms with E-state index in [2.05, 4.69) is 10.6 Å². The first-order valence-electron chi connectivity index (χ1n) is 7.24. The van der Waals surface area contributed by atoms with E-state index in [-0.39, 0.29) is 6.10 Å². The minimum absolute atomic E-state index is 0.117. The second-order valence-electron chi connectivity index (χ2n) is 5.28. The van der Waals surface area contributed by atoms with E-state index in [0.717, 1.165) is 31.1 Å². The average molecular weight is 262 g/mol. The molecular weight excluding hydrogens is 240 g/mol. The predicted octanol–water partition coefficient (Wildman–Crippen LogP) is 1.56. The summed E-state index contributed by atoms with van der Waals surface area (Å²) >= 11 is 0. The minimum Gasteiger partial charge on any atom is -0.486 e. The van der Waals surface area contributed by atoms with Crippen molar-refractivity contribution < 1.29 is 9.47 Å². The zero-order valence-corrected chi connectivity index (χ0v) is 11.2. The molecule has 0 aromatic heterocycles. The lowest BCUT2D eigenvalue weighted by Crippen LogP contribution is -2.42. The maximum atomic E-state index is 5.95. The number of fused-ring (bicyclic) bond motifs is 1. The van der Waals surface area contributed by atoms with Crippen LogP contribution in [0.2, 0.25) is 0 Å². The van der Waals surface area contributed by atoms with E-state index in [4.69, 9.17) is 9.47 Å². The molecule has 1 aromatic carbocycles. The van der Waals surface area contributed by atoms with Crippen molar-refractivity contribution in [2.24, 2.45) is 0 Å². The third-order valence-corrected chi connectivity index (χ3v) is 3.78. The molecule has 0 saturated carbocycles. The van der Waals surface area contributed by atoms with Gasteiger partial charge in [-0.3, -0.25) is 0 Å². The zero-order valence-electron chi connectivity index (χ0n) is 11.2. The van der Waals surface area contributed by atoms with Gasteiger partial charge >= 0.3 is 0 Å². The van der Waals surface area contributed by atoms with E-state index in [1.807, 2.05) is 24.3 Å². The van der Waals surface area contributed by atoms with Crippen LogP contribution >= 0.6 is 0 Å². The molecule has 1 saturated heterocycles. The van der Waals surface area contributed by atoms with Crippen LogP contribution in [0.1, 0.15) is 19.3 Å². The highest BCUT2D eigenvalue weighted by Crippen LogP contribution is 2.30. The Morgan fingerprint density at radius 1 is 1.16 bits per heavy atom. The molecular formula is C15H22N2O2. The highest BCUT2D eigenvalue weighted by atomic mass is 16.6. The van der Waals surface area contributed by atoms with E-state index in [9.17, 15) is 0 Å². The van der Waals surface area contributed by atoms with Gasteiger partial charge in [0.1, 0.15) is 12.7 Å². The molecule has 4 heteroatoms. The third kappa shape index (κ3) is 3.39. The van der Waals surface area contributed by atoms with Crippen molar-refractivity contribution in [3.63, 3.8) is 0 Å². The molecule has 2 aliphatic heterocycles. The van der Waals surface area contributed by atoms with Gasteiger partial charge in [-0.15, -0.1) is 0 Å². The Hall–Kier alpha value is -1.26. The van der Waals surface area contributed by atoms with Gasteiger partial charge in [-0.25, -0.2) is 0 Å². The Labute approximate surface area is 114 Å². The number of hydrogen-bond acceptors (Lipinski definition) is 4. The summed E-state index contributed by atoms with van der Waals surface area (Å²) < 4.78 is 11.7. The summed E-state index contributed by atoms with van der Waals surface area (Å²) in [6, 6.07) is 8.48. The van der Waals surface area contributed by atoms with Crippen molar-refractivity contribution in [3.05, 3.63) is 24.3 Å². The first-order valence-corrected chi connectivity index (χ1v) is 7.24. The molecule has 4 nitrogen and oxygen atoms in total. The lowest BCUT2D eigenvalue weighted by molar-refractivity contribution is 0.0877. The SMILES string of the molecule is c1ccc2c(c1)OCC(CNC1CCCNCC1)O2. The molecule has 19 heavy (non-hydrogen) atoms. The van der Waals surface area contributed by atoms with Crippen LogP contribution in [0.25, 0.3) is 0 Å². The van der Waals surface area contributed by atoms with Crippen molar-refractivity contribution >= 4 is 0 Å². The standard InChI is InChI=1S/C15H22N2O2/c1-2-6-15-14(5-1)18-11-13(19-15)10-17-12-4-3-8-16-9-7-12/h1-2,5-6,12-13,16-17H,3-4,7-11H2. The molecule has 0 spiro atoms. The highest BCUT2D eigenvalue weighted by molar-refractivity contribution is 5.40. The van der Waals surface area contributed by atoms with Gasteiger partial charge in [-0.2, -0.15) is 0 Å². The van der Waals surface area contributed by atoms with Gasteiger partial charge < -0.3 is 20.1 Å². The van der Waals surface area contributed by atoms with E-state index < -0.39 is 0 Å². The van der Waals surface area contributed by atoms with Crippen molar-refractivity contribution in [2.75, 3.05) is 26.2 Å². The van der Waals surface area contributed by atoms with Gasteiger partial charge in [-0.05, 0) is 44.5 Å². The number of benzene rings is 1. The van der Waals surface area contributed by atoms with Crippen LogP contribution in [-0.2, 0) is 0 Å². The maximum absolute atomic E-state index is 5.95. The smallest absolute Gasteiger partial charge is 0.161 e. The molecule has 3 rings (SSSR count). The van der Waals surface area contributed by atoms with Crippen molar-refractivity contribution in [3.8, 4) is 11.5 Å². The van der Waals surface area contributed by atoms with Gasteiger partial charge in [0.2, 0.25) is 0 Å². The lowest BCUT2D eigenvalue weighted by Gasteiger charge is -2.28. The van der Waals surface area contributed by atoms with Gasteiger partial charge in [0.25, 0.3) is 0 Å². The van der Waals surface area contributed by atoms with Crippen molar-refractivity contribution in [2.45, 2.75) is 31.4 Å². The second kappa shape index (κ2) is 6.26. The summed E-state index contributed by atoms with van der Waals surface area (Å²) in [7, 11) is 0. The summed E-state index contributed by atoms with van der Waals surface area (Å²) in [5, 5.41) is 7.05. The van der Waals surface area contributed by atoms with Gasteiger partial charge in [-0.1, -0.05) is 12.1 Å². The fraction of sp³-hybridized carbons (Fsp3) is 0.600. The number of para-hydroxylation sites is 2. The van der Waals surface area contributed by atoms with Crippen LogP contribution in [0.15, 0.2) is 24.3 Å². The normalized spacial score (nSPS) is 26.7. The Balaban J connectivity index is 1.49. The van der Waals surface area contributed by atoms with E-state index in [0.29, 0.717) is 12.6 Å². The molecule has 1 aromatic rings. The molecule has 0 amide bonds. The Morgan fingerprint density at radius 3 is 3.00 bits per heavy atom. The first kappa shape index (κ1) is 12.8. The van der Waals surface area contributed by atoms with Crippen LogP contribution in [0.3, 0.4) is 0 Å². The maximum Gasteiger partial charge on any atom is 0.161 e. The number of nitrogens with one attached hydrogen (secondary N) is 2.